The first-order valence-corrected chi connectivity index (χ1v) is 6.74. The summed E-state index contributed by atoms with van der Waals surface area (Å²) < 4.78 is 4.67. The van der Waals surface area contributed by atoms with Crippen molar-refractivity contribution in [1.29, 1.82) is 5.26 Å². The van der Waals surface area contributed by atoms with E-state index in [9.17, 15) is 4.79 Å². The van der Waals surface area contributed by atoms with Crippen LogP contribution in [-0.2, 0) is 11.3 Å². The zero-order chi connectivity index (χ0) is 14.5. The van der Waals surface area contributed by atoms with Crippen molar-refractivity contribution in [3.8, 4) is 6.07 Å². The fraction of sp³-hybridized carbons (Fsp3) is 0.214. The third-order valence-corrected chi connectivity index (χ3v) is 3.63. The Morgan fingerprint density at radius 2 is 2.15 bits per heavy atom. The van der Waals surface area contributed by atoms with Crippen LogP contribution < -0.4 is 5.32 Å². The number of hydrogen-bond acceptors (Lipinski definition) is 6. The van der Waals surface area contributed by atoms with Gasteiger partial charge in [-0.3, -0.25) is 0 Å². The van der Waals surface area contributed by atoms with Crippen molar-refractivity contribution in [2.24, 2.45) is 0 Å². The second-order valence-corrected chi connectivity index (χ2v) is 5.28. The number of carbonyl (C=O) groups excluding carboxylic acids is 1. The molecule has 1 aromatic carbocycles. The minimum atomic E-state index is -0.426. The molecular formula is C14H13N3O2S. The van der Waals surface area contributed by atoms with Gasteiger partial charge in [-0.1, -0.05) is 12.1 Å². The molecule has 0 spiro atoms. The molecule has 0 bridgehead atoms. The molecule has 102 valence electrons. The maximum atomic E-state index is 11.5. The van der Waals surface area contributed by atoms with Crippen LogP contribution in [0.15, 0.2) is 24.3 Å². The highest BCUT2D eigenvalue weighted by atomic mass is 32.1. The normalized spacial score (nSPS) is 9.85. The molecule has 1 aromatic heterocycles. The number of carbonyl (C=O) groups is 1. The van der Waals surface area contributed by atoms with E-state index in [-0.39, 0.29) is 0 Å². The Morgan fingerprint density at radius 3 is 2.75 bits per heavy atom. The molecule has 6 heteroatoms. The van der Waals surface area contributed by atoms with Crippen LogP contribution in [0.25, 0.3) is 0 Å². The Hall–Kier alpha value is -2.39. The Kier molecular flexibility index (Phi) is 4.33. The highest BCUT2D eigenvalue weighted by molar-refractivity contribution is 7.15. The number of benzene rings is 1. The minimum absolute atomic E-state index is 0.347. The summed E-state index contributed by atoms with van der Waals surface area (Å²) in [5, 5.41) is 12.6. The lowest BCUT2D eigenvalue weighted by Gasteiger charge is -2.02. The van der Waals surface area contributed by atoms with E-state index in [2.05, 4.69) is 21.1 Å². The fourth-order valence-electron chi connectivity index (χ4n) is 1.63. The molecule has 0 aliphatic carbocycles. The molecular weight excluding hydrogens is 274 g/mol. The summed E-state index contributed by atoms with van der Waals surface area (Å²) in [5.41, 5.74) is 2.02. The number of esters is 1. The number of thiazole rings is 1. The molecule has 2 aromatic rings. The molecule has 0 unspecified atom stereocenters. The quantitative estimate of drug-likeness (QED) is 0.875. The lowest BCUT2D eigenvalue weighted by Crippen LogP contribution is -2.04. The molecule has 20 heavy (non-hydrogen) atoms. The van der Waals surface area contributed by atoms with Crippen molar-refractivity contribution in [3.63, 3.8) is 0 Å². The maximum absolute atomic E-state index is 11.5. The van der Waals surface area contributed by atoms with Gasteiger partial charge in [-0.15, -0.1) is 11.3 Å². The number of ether oxygens (including phenoxy) is 1. The zero-order valence-electron chi connectivity index (χ0n) is 11.1. The van der Waals surface area contributed by atoms with Gasteiger partial charge in [0.2, 0.25) is 0 Å². The first-order chi connectivity index (χ1) is 9.63. The van der Waals surface area contributed by atoms with Gasteiger partial charge in [0, 0.05) is 11.4 Å². The van der Waals surface area contributed by atoms with E-state index in [0.717, 1.165) is 10.4 Å². The summed E-state index contributed by atoms with van der Waals surface area (Å²) in [6.07, 6.45) is 0. The Bertz CT molecular complexity index is 656. The average Bonchev–Trinajstić information content (AvgIpc) is 2.86. The molecule has 0 saturated heterocycles. The van der Waals surface area contributed by atoms with Crippen LogP contribution in [0.1, 0.15) is 26.5 Å². The van der Waals surface area contributed by atoms with Crippen molar-refractivity contribution >= 4 is 22.4 Å². The largest absolute Gasteiger partial charge is 0.464 e. The van der Waals surface area contributed by atoms with Crippen molar-refractivity contribution in [3.05, 3.63) is 46.0 Å². The first-order valence-electron chi connectivity index (χ1n) is 5.92. The molecule has 0 aliphatic heterocycles. The third kappa shape index (κ3) is 3.13. The van der Waals surface area contributed by atoms with Gasteiger partial charge in [0.25, 0.3) is 0 Å². The number of nitriles is 1. The SMILES string of the molecule is COC(=O)c1nc(NCc2ccc(C#N)cc2)sc1C. The van der Waals surface area contributed by atoms with E-state index in [1.807, 2.05) is 19.1 Å². The lowest BCUT2D eigenvalue weighted by atomic mass is 10.1. The monoisotopic (exact) mass is 287 g/mol. The van der Waals surface area contributed by atoms with Gasteiger partial charge in [-0.2, -0.15) is 5.26 Å². The van der Waals surface area contributed by atoms with Gasteiger partial charge in [-0.05, 0) is 24.6 Å². The second-order valence-electron chi connectivity index (χ2n) is 4.08. The third-order valence-electron chi connectivity index (χ3n) is 2.70. The van der Waals surface area contributed by atoms with Crippen molar-refractivity contribution in [2.75, 3.05) is 12.4 Å². The van der Waals surface area contributed by atoms with Crippen molar-refractivity contribution in [2.45, 2.75) is 13.5 Å². The minimum Gasteiger partial charge on any atom is -0.464 e. The molecule has 1 N–H and O–H groups in total. The number of aromatic nitrogens is 1. The molecule has 0 fully saturated rings. The fourth-order valence-corrected chi connectivity index (χ4v) is 2.43. The van der Waals surface area contributed by atoms with Crippen LogP contribution in [0, 0.1) is 18.3 Å². The molecule has 0 atom stereocenters. The van der Waals surface area contributed by atoms with Crippen LogP contribution in [-0.4, -0.2) is 18.1 Å². The van der Waals surface area contributed by atoms with Crippen LogP contribution in [0.5, 0.6) is 0 Å². The summed E-state index contributed by atoms with van der Waals surface area (Å²) in [6, 6.07) is 9.38. The molecule has 2 rings (SSSR count). The predicted octanol–water partition coefficient (Wildman–Crippen LogP) is 2.72. The molecule has 5 nitrogen and oxygen atoms in total. The molecule has 0 amide bonds. The summed E-state index contributed by atoms with van der Waals surface area (Å²) in [4.78, 5) is 16.5. The Labute approximate surface area is 120 Å². The maximum Gasteiger partial charge on any atom is 0.357 e. The number of aryl methyl sites for hydroxylation is 1. The summed E-state index contributed by atoms with van der Waals surface area (Å²) >= 11 is 1.41. The van der Waals surface area contributed by atoms with E-state index >= 15 is 0 Å². The highest BCUT2D eigenvalue weighted by Crippen LogP contribution is 2.23. The molecule has 0 aliphatic rings. The van der Waals surface area contributed by atoms with Gasteiger partial charge in [-0.25, -0.2) is 9.78 Å². The Balaban J connectivity index is 2.03. The number of anilines is 1. The van der Waals surface area contributed by atoms with Gasteiger partial charge in [0.05, 0.1) is 18.7 Å². The number of hydrogen-bond donors (Lipinski definition) is 1. The van der Waals surface area contributed by atoms with Crippen LogP contribution in [0.2, 0.25) is 0 Å². The lowest BCUT2D eigenvalue weighted by molar-refractivity contribution is 0.0594. The van der Waals surface area contributed by atoms with Crippen molar-refractivity contribution < 1.29 is 9.53 Å². The Morgan fingerprint density at radius 1 is 1.45 bits per heavy atom. The van der Waals surface area contributed by atoms with Crippen molar-refractivity contribution in [1.82, 2.24) is 4.98 Å². The first kappa shape index (κ1) is 14.0. The van der Waals surface area contributed by atoms with Crippen LogP contribution in [0.4, 0.5) is 5.13 Å². The zero-order valence-corrected chi connectivity index (χ0v) is 12.0. The van der Waals surface area contributed by atoms with E-state index in [0.29, 0.717) is 22.9 Å². The molecule has 1 heterocycles. The van der Waals surface area contributed by atoms with Gasteiger partial charge >= 0.3 is 5.97 Å². The number of nitrogens with zero attached hydrogens (tertiary/aromatic N) is 2. The van der Waals surface area contributed by atoms with Gasteiger partial charge < -0.3 is 10.1 Å². The number of nitrogens with one attached hydrogen (secondary N) is 1. The molecule has 0 saturated carbocycles. The predicted molar refractivity (Wildman–Crippen MR) is 76.7 cm³/mol. The van der Waals surface area contributed by atoms with Gasteiger partial charge in [0.1, 0.15) is 0 Å². The molecule has 0 radical (unpaired) electrons. The van der Waals surface area contributed by atoms with E-state index in [4.69, 9.17) is 5.26 Å². The van der Waals surface area contributed by atoms with E-state index in [1.165, 1.54) is 18.4 Å². The summed E-state index contributed by atoms with van der Waals surface area (Å²) in [6.45, 7) is 2.41. The van der Waals surface area contributed by atoms with Gasteiger partial charge in [0.15, 0.2) is 10.8 Å². The average molecular weight is 287 g/mol. The standard InChI is InChI=1S/C14H13N3O2S/c1-9-12(13(18)19-2)17-14(20-9)16-8-11-5-3-10(7-15)4-6-11/h3-6H,8H2,1-2H3,(H,16,17). The highest BCUT2D eigenvalue weighted by Gasteiger charge is 2.15. The number of methoxy groups -OCH3 is 1. The van der Waals surface area contributed by atoms with E-state index in [1.54, 1.807) is 12.1 Å². The van der Waals surface area contributed by atoms with Crippen LogP contribution in [0.3, 0.4) is 0 Å². The van der Waals surface area contributed by atoms with Crippen LogP contribution >= 0.6 is 11.3 Å². The smallest absolute Gasteiger partial charge is 0.357 e. The summed E-state index contributed by atoms with van der Waals surface area (Å²) in [5.74, 6) is -0.426. The topological polar surface area (TPSA) is 75.0 Å². The number of rotatable bonds is 4. The summed E-state index contributed by atoms with van der Waals surface area (Å²) in [7, 11) is 1.34. The second kappa shape index (κ2) is 6.17. The van der Waals surface area contributed by atoms with E-state index < -0.39 is 5.97 Å².